The van der Waals surface area contributed by atoms with Crippen LogP contribution in [0.2, 0.25) is 5.02 Å². The van der Waals surface area contributed by atoms with Gasteiger partial charge in [0, 0.05) is 11.6 Å². The van der Waals surface area contributed by atoms with Crippen molar-refractivity contribution in [2.24, 2.45) is 0 Å². The maximum atomic E-state index is 13.0. The zero-order valence-corrected chi connectivity index (χ0v) is 13.1. The van der Waals surface area contributed by atoms with E-state index >= 15 is 0 Å². The van der Waals surface area contributed by atoms with E-state index in [2.05, 4.69) is 15.0 Å². The zero-order valence-electron chi connectivity index (χ0n) is 12.3. The summed E-state index contributed by atoms with van der Waals surface area (Å²) in [6.07, 6.45) is -2.89. The summed E-state index contributed by atoms with van der Waals surface area (Å²) >= 11 is 6.03. The zero-order chi connectivity index (χ0) is 17.5. The predicted octanol–water partition coefficient (Wildman–Crippen LogP) is 3.41. The third-order valence-corrected chi connectivity index (χ3v) is 3.69. The Kier molecular flexibility index (Phi) is 4.00. The Morgan fingerprint density at radius 1 is 1.21 bits per heavy atom. The molecule has 0 saturated carbocycles. The molecule has 0 atom stereocenters. The van der Waals surface area contributed by atoms with Gasteiger partial charge in [-0.2, -0.15) is 18.2 Å². The van der Waals surface area contributed by atoms with E-state index in [-0.39, 0.29) is 16.5 Å². The summed E-state index contributed by atoms with van der Waals surface area (Å²) in [6, 6.07) is 5.13. The van der Waals surface area contributed by atoms with Gasteiger partial charge in [-0.05, 0) is 30.7 Å². The number of alkyl halides is 3. The van der Waals surface area contributed by atoms with Crippen molar-refractivity contribution in [1.29, 1.82) is 0 Å². The topological polar surface area (TPSA) is 60.7 Å². The molecule has 0 aliphatic rings. The quantitative estimate of drug-likeness (QED) is 0.707. The van der Waals surface area contributed by atoms with Crippen molar-refractivity contribution in [2.45, 2.75) is 19.5 Å². The molecule has 0 bridgehead atoms. The summed E-state index contributed by atoms with van der Waals surface area (Å²) in [5, 5.41) is 0.443. The molecule has 0 aliphatic carbocycles. The average molecular weight is 355 g/mol. The Hall–Kier alpha value is -2.48. The maximum Gasteiger partial charge on any atom is 0.433 e. The molecule has 3 aromatic rings. The Bertz CT molecular complexity index is 985. The van der Waals surface area contributed by atoms with Gasteiger partial charge < -0.3 is 0 Å². The van der Waals surface area contributed by atoms with Gasteiger partial charge in [0.25, 0.3) is 0 Å². The third-order valence-electron chi connectivity index (χ3n) is 3.40. The minimum Gasteiger partial charge on any atom is -0.245 e. The van der Waals surface area contributed by atoms with Crippen LogP contribution >= 0.6 is 11.6 Å². The number of aromatic nitrogens is 4. The van der Waals surface area contributed by atoms with Crippen molar-refractivity contribution >= 4 is 22.6 Å². The first-order chi connectivity index (χ1) is 11.3. The Balaban J connectivity index is 2.46. The van der Waals surface area contributed by atoms with Crippen molar-refractivity contribution in [3.8, 4) is 5.82 Å². The van der Waals surface area contributed by atoms with E-state index < -0.39 is 17.6 Å². The molecule has 0 saturated heterocycles. The van der Waals surface area contributed by atoms with Crippen molar-refractivity contribution < 1.29 is 13.2 Å². The first-order valence-electron chi connectivity index (χ1n) is 6.93. The third kappa shape index (κ3) is 2.73. The summed E-state index contributed by atoms with van der Waals surface area (Å²) in [5.41, 5.74) is -1.71. The molecule has 3 heterocycles. The number of halogens is 4. The lowest BCUT2D eigenvalue weighted by atomic mass is 10.2. The fourth-order valence-corrected chi connectivity index (χ4v) is 2.53. The first-order valence-corrected chi connectivity index (χ1v) is 7.31. The molecule has 0 spiro atoms. The lowest BCUT2D eigenvalue weighted by molar-refractivity contribution is -0.141. The van der Waals surface area contributed by atoms with Gasteiger partial charge in [-0.3, -0.25) is 0 Å². The Labute approximate surface area is 138 Å². The molecule has 0 unspecified atom stereocenters. The van der Waals surface area contributed by atoms with Gasteiger partial charge in [0.05, 0.1) is 10.7 Å². The molecule has 3 rings (SSSR count). The number of nitrogens with zero attached hydrogens (tertiary/aromatic N) is 4. The van der Waals surface area contributed by atoms with Crippen LogP contribution in [0.5, 0.6) is 0 Å². The van der Waals surface area contributed by atoms with Gasteiger partial charge in [-0.15, -0.1) is 0 Å². The van der Waals surface area contributed by atoms with Crippen LogP contribution in [-0.2, 0) is 12.6 Å². The van der Waals surface area contributed by atoms with Crippen molar-refractivity contribution in [3.63, 3.8) is 0 Å². The summed E-state index contributed by atoms with van der Waals surface area (Å²) in [5.74, 6) is -0.0175. The molecule has 0 amide bonds. The van der Waals surface area contributed by atoms with Gasteiger partial charge in [-0.25, -0.2) is 19.3 Å². The lowest BCUT2D eigenvalue weighted by Crippen LogP contribution is -2.26. The Morgan fingerprint density at radius 2 is 1.96 bits per heavy atom. The molecule has 0 radical (unpaired) electrons. The summed E-state index contributed by atoms with van der Waals surface area (Å²) in [7, 11) is 0. The second-order valence-electron chi connectivity index (χ2n) is 4.90. The normalized spacial score (nSPS) is 11.9. The highest BCUT2D eigenvalue weighted by Crippen LogP contribution is 2.30. The highest BCUT2D eigenvalue weighted by Gasteiger charge is 2.33. The molecular formula is C15H10ClF3N4O. The van der Waals surface area contributed by atoms with E-state index in [9.17, 15) is 18.0 Å². The van der Waals surface area contributed by atoms with Gasteiger partial charge in [0.1, 0.15) is 5.69 Å². The smallest absolute Gasteiger partial charge is 0.245 e. The highest BCUT2D eigenvalue weighted by molar-refractivity contribution is 6.32. The van der Waals surface area contributed by atoms with E-state index in [1.165, 1.54) is 18.3 Å². The van der Waals surface area contributed by atoms with Gasteiger partial charge in [-0.1, -0.05) is 18.5 Å². The molecule has 124 valence electrons. The van der Waals surface area contributed by atoms with E-state index in [1.807, 2.05) is 0 Å². The molecule has 5 nitrogen and oxygen atoms in total. The monoisotopic (exact) mass is 354 g/mol. The Morgan fingerprint density at radius 3 is 2.58 bits per heavy atom. The van der Waals surface area contributed by atoms with E-state index in [4.69, 9.17) is 11.6 Å². The molecular weight excluding hydrogens is 345 g/mol. The van der Waals surface area contributed by atoms with E-state index in [1.54, 1.807) is 13.0 Å². The summed E-state index contributed by atoms with van der Waals surface area (Å²) < 4.78 is 39.9. The molecule has 0 fully saturated rings. The molecule has 0 aromatic carbocycles. The number of aryl methyl sites for hydroxylation is 1. The number of fused-ring (bicyclic) bond motifs is 1. The van der Waals surface area contributed by atoms with Crippen molar-refractivity contribution in [3.05, 3.63) is 57.4 Å². The van der Waals surface area contributed by atoms with Crippen LogP contribution in [0.1, 0.15) is 18.3 Å². The van der Waals surface area contributed by atoms with Crippen LogP contribution in [0.4, 0.5) is 13.2 Å². The van der Waals surface area contributed by atoms with Crippen molar-refractivity contribution in [1.82, 2.24) is 19.5 Å². The minimum atomic E-state index is -4.64. The van der Waals surface area contributed by atoms with E-state index in [0.29, 0.717) is 17.5 Å². The fraction of sp³-hybridized carbons (Fsp3) is 0.200. The van der Waals surface area contributed by atoms with Crippen LogP contribution < -0.4 is 5.69 Å². The fourth-order valence-electron chi connectivity index (χ4n) is 2.32. The molecule has 9 heteroatoms. The number of rotatable bonds is 2. The van der Waals surface area contributed by atoms with Crippen LogP contribution in [0, 0.1) is 0 Å². The van der Waals surface area contributed by atoms with Gasteiger partial charge >= 0.3 is 11.9 Å². The molecule has 24 heavy (non-hydrogen) atoms. The lowest BCUT2D eigenvalue weighted by Gasteiger charge is -2.13. The SMILES string of the molecule is CCc1nc(=O)n(-c2ncccc2Cl)c2nc(C(F)(F)F)ccc12. The number of pyridine rings is 2. The van der Waals surface area contributed by atoms with E-state index in [0.717, 1.165) is 10.6 Å². The molecule has 0 aliphatic heterocycles. The minimum absolute atomic E-state index is 0.0175. The maximum absolute atomic E-state index is 13.0. The second-order valence-corrected chi connectivity index (χ2v) is 5.31. The molecule has 0 N–H and O–H groups in total. The highest BCUT2D eigenvalue weighted by atomic mass is 35.5. The second kappa shape index (κ2) is 5.86. The first kappa shape index (κ1) is 16.4. The largest absolute Gasteiger partial charge is 0.433 e. The van der Waals surface area contributed by atoms with Crippen molar-refractivity contribution in [2.75, 3.05) is 0 Å². The van der Waals surface area contributed by atoms with Gasteiger partial charge in [0.2, 0.25) is 0 Å². The predicted molar refractivity (Wildman–Crippen MR) is 82.3 cm³/mol. The molecule has 3 aromatic heterocycles. The van der Waals surface area contributed by atoms with Crippen LogP contribution in [-0.4, -0.2) is 19.5 Å². The summed E-state index contributed by atoms with van der Waals surface area (Å²) in [6.45, 7) is 1.75. The van der Waals surface area contributed by atoms with Gasteiger partial charge in [0.15, 0.2) is 11.5 Å². The standard InChI is InChI=1S/C15H10ClF3N4O/c1-2-10-8-5-6-11(15(17,18)19)22-12(8)23(14(24)21-10)13-9(16)4-3-7-20-13/h3-7H,2H2,1H3. The summed E-state index contributed by atoms with van der Waals surface area (Å²) in [4.78, 5) is 23.9. The number of hydrogen-bond acceptors (Lipinski definition) is 4. The van der Waals surface area contributed by atoms with Crippen LogP contribution in [0.15, 0.2) is 35.3 Å². The number of hydrogen-bond donors (Lipinski definition) is 0. The van der Waals surface area contributed by atoms with Crippen LogP contribution in [0.3, 0.4) is 0 Å². The van der Waals surface area contributed by atoms with Crippen LogP contribution in [0.25, 0.3) is 16.9 Å². The average Bonchev–Trinajstić information content (AvgIpc) is 2.54.